The van der Waals surface area contributed by atoms with Crippen LogP contribution in [0, 0.1) is 0 Å². The van der Waals surface area contributed by atoms with Crippen LogP contribution in [0.2, 0.25) is 10.0 Å². The summed E-state index contributed by atoms with van der Waals surface area (Å²) in [6, 6.07) is 1.58. The lowest BCUT2D eigenvalue weighted by Gasteiger charge is -2.26. The molecule has 1 aliphatic heterocycles. The zero-order valence-corrected chi connectivity index (χ0v) is 21.0. The number of hydrogen-bond acceptors (Lipinski definition) is 7. The first kappa shape index (κ1) is 27.2. The molecule has 2 rings (SSSR count). The molecule has 0 radical (unpaired) electrons. The van der Waals surface area contributed by atoms with Crippen molar-refractivity contribution in [2.45, 2.75) is 56.2 Å². The predicted molar refractivity (Wildman–Crippen MR) is 122 cm³/mol. The van der Waals surface area contributed by atoms with E-state index in [2.05, 4.69) is 10.6 Å². The Labute approximate surface area is 202 Å². The maximum Gasteiger partial charge on any atom is 0.407 e. The monoisotopic (exact) mass is 523 g/mol. The van der Waals surface area contributed by atoms with Crippen molar-refractivity contribution >= 4 is 51.2 Å². The Hall–Kier alpha value is -2.08. The zero-order valence-electron chi connectivity index (χ0n) is 18.7. The normalized spacial score (nSPS) is 17.8. The number of hydrogen-bond donors (Lipinski definition) is 2. The molecule has 1 aliphatic rings. The van der Waals surface area contributed by atoms with Gasteiger partial charge < -0.3 is 20.1 Å². The second kappa shape index (κ2) is 10.9. The molecule has 0 spiro atoms. The van der Waals surface area contributed by atoms with E-state index in [9.17, 15) is 22.8 Å². The standard InChI is InChI=1S/C20H27Cl2N3O7S/c1-20(2,3)32-19(28)23-11-15(18(27)31-4)24-17(26)16-6-5-7-25(16)33(29,30)14-9-12(21)8-13(22)10-14/h8-10,15-16H,5-7,11H2,1-4H3,(H,23,28)(H,24,26)/t15-,16-/m0/s1. The summed E-state index contributed by atoms with van der Waals surface area (Å²) in [5.41, 5.74) is -0.754. The summed E-state index contributed by atoms with van der Waals surface area (Å²) in [6.07, 6.45) is -0.106. The summed E-state index contributed by atoms with van der Waals surface area (Å²) in [7, 11) is -2.96. The van der Waals surface area contributed by atoms with Crippen molar-refractivity contribution in [3.8, 4) is 0 Å². The van der Waals surface area contributed by atoms with Gasteiger partial charge in [0.1, 0.15) is 17.7 Å². The molecule has 0 bridgehead atoms. The van der Waals surface area contributed by atoms with E-state index in [0.29, 0.717) is 6.42 Å². The van der Waals surface area contributed by atoms with Crippen molar-refractivity contribution in [2.75, 3.05) is 20.2 Å². The van der Waals surface area contributed by atoms with Gasteiger partial charge in [0, 0.05) is 16.6 Å². The molecule has 0 aliphatic carbocycles. The number of rotatable bonds is 7. The molecule has 184 valence electrons. The fourth-order valence-corrected chi connectivity index (χ4v) is 5.59. The van der Waals surface area contributed by atoms with Gasteiger partial charge in [-0.2, -0.15) is 4.31 Å². The molecule has 1 fully saturated rings. The van der Waals surface area contributed by atoms with Crippen molar-refractivity contribution < 1.29 is 32.3 Å². The van der Waals surface area contributed by atoms with Crippen LogP contribution in [0.5, 0.6) is 0 Å². The molecule has 1 aromatic carbocycles. The first-order chi connectivity index (χ1) is 15.2. The molecule has 33 heavy (non-hydrogen) atoms. The molecular weight excluding hydrogens is 497 g/mol. The van der Waals surface area contributed by atoms with Crippen LogP contribution in [0.4, 0.5) is 4.79 Å². The highest BCUT2D eigenvalue weighted by Gasteiger charge is 2.41. The first-order valence-corrected chi connectivity index (χ1v) is 12.3. The summed E-state index contributed by atoms with van der Waals surface area (Å²) in [6.45, 7) is 4.82. The minimum Gasteiger partial charge on any atom is -0.467 e. The number of carbonyl (C=O) groups excluding carboxylic acids is 3. The van der Waals surface area contributed by atoms with E-state index in [0.717, 1.165) is 11.4 Å². The van der Waals surface area contributed by atoms with E-state index in [1.54, 1.807) is 20.8 Å². The number of alkyl carbamates (subject to hydrolysis) is 1. The molecule has 1 heterocycles. The molecule has 0 aromatic heterocycles. The van der Waals surface area contributed by atoms with E-state index < -0.39 is 45.7 Å². The van der Waals surface area contributed by atoms with Gasteiger partial charge in [0.2, 0.25) is 15.9 Å². The lowest BCUT2D eigenvalue weighted by molar-refractivity contribution is -0.145. The highest BCUT2D eigenvalue weighted by Crippen LogP contribution is 2.29. The van der Waals surface area contributed by atoms with Gasteiger partial charge in [-0.15, -0.1) is 0 Å². The van der Waals surface area contributed by atoms with Crippen molar-refractivity contribution in [3.05, 3.63) is 28.2 Å². The molecular formula is C20H27Cl2N3O7S. The molecule has 10 nitrogen and oxygen atoms in total. The van der Waals surface area contributed by atoms with E-state index in [1.807, 2.05) is 0 Å². The maximum atomic E-state index is 13.1. The summed E-state index contributed by atoms with van der Waals surface area (Å²) in [4.78, 5) is 36.9. The van der Waals surface area contributed by atoms with Crippen molar-refractivity contribution in [2.24, 2.45) is 0 Å². The number of carbonyl (C=O) groups is 3. The molecule has 2 N–H and O–H groups in total. The molecule has 0 saturated carbocycles. The molecule has 13 heteroatoms. The fourth-order valence-electron chi connectivity index (χ4n) is 3.21. The smallest absolute Gasteiger partial charge is 0.407 e. The Morgan fingerprint density at radius 1 is 1.18 bits per heavy atom. The van der Waals surface area contributed by atoms with Crippen LogP contribution >= 0.6 is 23.2 Å². The number of methoxy groups -OCH3 is 1. The van der Waals surface area contributed by atoms with Gasteiger partial charge in [0.15, 0.2) is 0 Å². The van der Waals surface area contributed by atoms with Crippen LogP contribution in [0.15, 0.2) is 23.1 Å². The quantitative estimate of drug-likeness (QED) is 0.524. The Balaban J connectivity index is 2.16. The number of ether oxygens (including phenoxy) is 2. The maximum absolute atomic E-state index is 13.1. The van der Waals surface area contributed by atoms with Crippen LogP contribution in [-0.2, 0) is 29.1 Å². The van der Waals surface area contributed by atoms with Gasteiger partial charge in [-0.3, -0.25) is 4.79 Å². The third kappa shape index (κ3) is 7.46. The molecule has 0 unspecified atom stereocenters. The van der Waals surface area contributed by atoms with Crippen molar-refractivity contribution in [1.29, 1.82) is 0 Å². The van der Waals surface area contributed by atoms with Crippen molar-refractivity contribution in [1.82, 2.24) is 14.9 Å². The second-order valence-corrected chi connectivity index (χ2v) is 11.1. The summed E-state index contributed by atoms with van der Waals surface area (Å²) >= 11 is 11.9. The average Bonchev–Trinajstić information content (AvgIpc) is 3.19. The molecule has 2 atom stereocenters. The van der Waals surface area contributed by atoms with Crippen LogP contribution < -0.4 is 10.6 Å². The summed E-state index contributed by atoms with van der Waals surface area (Å²) in [5.74, 6) is -1.51. The fraction of sp³-hybridized carbons (Fsp3) is 0.550. The average molecular weight is 524 g/mol. The largest absolute Gasteiger partial charge is 0.467 e. The lowest BCUT2D eigenvalue weighted by Crippen LogP contribution is -2.54. The number of amides is 2. The molecule has 2 amide bonds. The number of nitrogens with one attached hydrogen (secondary N) is 2. The van der Waals surface area contributed by atoms with Crippen LogP contribution in [0.1, 0.15) is 33.6 Å². The Kier molecular flexibility index (Phi) is 8.97. The Morgan fingerprint density at radius 3 is 2.33 bits per heavy atom. The number of benzene rings is 1. The second-order valence-electron chi connectivity index (χ2n) is 8.35. The Morgan fingerprint density at radius 2 is 1.79 bits per heavy atom. The third-order valence-corrected chi connectivity index (χ3v) is 6.92. The van der Waals surface area contributed by atoms with Gasteiger partial charge in [-0.25, -0.2) is 18.0 Å². The van der Waals surface area contributed by atoms with Crippen LogP contribution in [-0.4, -0.2) is 68.6 Å². The van der Waals surface area contributed by atoms with Crippen molar-refractivity contribution in [3.63, 3.8) is 0 Å². The first-order valence-electron chi connectivity index (χ1n) is 10.1. The number of esters is 1. The van der Waals surface area contributed by atoms with E-state index in [1.165, 1.54) is 18.2 Å². The highest BCUT2D eigenvalue weighted by molar-refractivity contribution is 7.89. The van der Waals surface area contributed by atoms with E-state index in [-0.39, 0.29) is 34.5 Å². The van der Waals surface area contributed by atoms with Gasteiger partial charge in [0.25, 0.3) is 0 Å². The van der Waals surface area contributed by atoms with Crippen LogP contribution in [0.25, 0.3) is 0 Å². The number of sulfonamides is 1. The molecule has 1 aromatic rings. The van der Waals surface area contributed by atoms with Gasteiger partial charge in [-0.05, 0) is 51.8 Å². The topological polar surface area (TPSA) is 131 Å². The van der Waals surface area contributed by atoms with E-state index >= 15 is 0 Å². The summed E-state index contributed by atoms with van der Waals surface area (Å²) in [5, 5.41) is 5.13. The number of halogens is 2. The highest BCUT2D eigenvalue weighted by atomic mass is 35.5. The van der Waals surface area contributed by atoms with Gasteiger partial charge in [0.05, 0.1) is 18.6 Å². The summed E-state index contributed by atoms with van der Waals surface area (Å²) < 4.78 is 37.1. The Bertz CT molecular complexity index is 991. The van der Waals surface area contributed by atoms with E-state index in [4.69, 9.17) is 32.7 Å². The van der Waals surface area contributed by atoms with Gasteiger partial charge >= 0.3 is 12.1 Å². The van der Waals surface area contributed by atoms with Gasteiger partial charge in [-0.1, -0.05) is 23.2 Å². The number of nitrogens with zero attached hydrogens (tertiary/aromatic N) is 1. The molecule has 1 saturated heterocycles. The minimum absolute atomic E-state index is 0.101. The minimum atomic E-state index is -4.09. The zero-order chi connectivity index (χ0) is 25.0. The van der Waals surface area contributed by atoms with Crippen LogP contribution in [0.3, 0.4) is 0 Å². The third-order valence-electron chi connectivity index (χ3n) is 4.60. The SMILES string of the molecule is COC(=O)[C@H](CNC(=O)OC(C)(C)C)NC(=O)[C@@H]1CCCN1S(=O)(=O)c1cc(Cl)cc(Cl)c1. The predicted octanol–water partition coefficient (Wildman–Crippen LogP) is 2.33. The lowest BCUT2D eigenvalue weighted by atomic mass is 10.2.